The molecule has 2 rings (SSSR count). The minimum atomic E-state index is -0.790. The van der Waals surface area contributed by atoms with Gasteiger partial charge in [0.2, 0.25) is 0 Å². The molecule has 0 aliphatic carbocycles. The minimum Gasteiger partial charge on any atom is -0.481 e. The molecule has 0 radical (unpaired) electrons. The lowest BCUT2D eigenvalue weighted by atomic mass is 10.1. The molecule has 3 nitrogen and oxygen atoms in total. The van der Waals surface area contributed by atoms with Crippen LogP contribution in [0.25, 0.3) is 5.52 Å². The second-order valence-corrected chi connectivity index (χ2v) is 3.77. The molecule has 0 saturated heterocycles. The van der Waals surface area contributed by atoms with E-state index in [1.807, 2.05) is 41.8 Å². The minimum absolute atomic E-state index is 0.477. The summed E-state index contributed by atoms with van der Waals surface area (Å²) < 4.78 is 1.94. The van der Waals surface area contributed by atoms with E-state index in [1.165, 1.54) is 0 Å². The van der Waals surface area contributed by atoms with Gasteiger partial charge in [0.25, 0.3) is 0 Å². The Balaban J connectivity index is 2.68. The van der Waals surface area contributed by atoms with Gasteiger partial charge >= 0.3 is 5.97 Å². The number of carbonyl (C=O) groups is 1. The van der Waals surface area contributed by atoms with Crippen LogP contribution in [0.15, 0.2) is 30.5 Å². The SMILES string of the molecule is Cc1cc2ccccn2c1C(C)C(=O)O. The van der Waals surface area contributed by atoms with Gasteiger partial charge in [0.05, 0.1) is 5.92 Å². The van der Waals surface area contributed by atoms with Gasteiger partial charge in [0.1, 0.15) is 0 Å². The molecule has 78 valence electrons. The van der Waals surface area contributed by atoms with E-state index in [0.29, 0.717) is 0 Å². The highest BCUT2D eigenvalue weighted by Crippen LogP contribution is 2.23. The van der Waals surface area contributed by atoms with Crippen molar-refractivity contribution in [3.05, 3.63) is 41.7 Å². The number of aliphatic carboxylic acids is 1. The average molecular weight is 203 g/mol. The van der Waals surface area contributed by atoms with Crippen molar-refractivity contribution in [3.8, 4) is 0 Å². The monoisotopic (exact) mass is 203 g/mol. The Morgan fingerprint density at radius 3 is 2.87 bits per heavy atom. The van der Waals surface area contributed by atoms with E-state index in [2.05, 4.69) is 0 Å². The van der Waals surface area contributed by atoms with Gasteiger partial charge in [-0.1, -0.05) is 6.07 Å². The number of hydrogen-bond donors (Lipinski definition) is 1. The fourth-order valence-corrected chi connectivity index (χ4v) is 1.95. The molecule has 2 aromatic heterocycles. The van der Waals surface area contributed by atoms with Gasteiger partial charge in [-0.25, -0.2) is 0 Å². The molecule has 1 atom stereocenters. The highest BCUT2D eigenvalue weighted by molar-refractivity contribution is 5.76. The largest absolute Gasteiger partial charge is 0.481 e. The summed E-state index contributed by atoms with van der Waals surface area (Å²) in [6.07, 6.45) is 1.90. The first-order valence-corrected chi connectivity index (χ1v) is 4.90. The zero-order valence-electron chi connectivity index (χ0n) is 8.77. The fourth-order valence-electron chi connectivity index (χ4n) is 1.95. The lowest BCUT2D eigenvalue weighted by Crippen LogP contribution is -2.10. The van der Waals surface area contributed by atoms with Crippen LogP contribution >= 0.6 is 0 Å². The molecule has 0 aromatic carbocycles. The average Bonchev–Trinajstić information content (AvgIpc) is 2.52. The van der Waals surface area contributed by atoms with Crippen molar-refractivity contribution in [2.24, 2.45) is 0 Å². The number of carboxylic acids is 1. The summed E-state index contributed by atoms with van der Waals surface area (Å²) in [4.78, 5) is 11.0. The van der Waals surface area contributed by atoms with Crippen LogP contribution < -0.4 is 0 Å². The Morgan fingerprint density at radius 1 is 1.47 bits per heavy atom. The zero-order valence-corrected chi connectivity index (χ0v) is 8.77. The van der Waals surface area contributed by atoms with Gasteiger partial charge in [-0.2, -0.15) is 0 Å². The molecule has 0 aliphatic rings. The highest BCUT2D eigenvalue weighted by Gasteiger charge is 2.19. The number of carboxylic acid groups (broad SMARTS) is 1. The first-order chi connectivity index (χ1) is 7.11. The Hall–Kier alpha value is -1.77. The number of pyridine rings is 1. The Kier molecular flexibility index (Phi) is 2.23. The van der Waals surface area contributed by atoms with Crippen LogP contribution in [0.2, 0.25) is 0 Å². The molecule has 2 aromatic rings. The molecule has 1 N–H and O–H groups in total. The van der Waals surface area contributed by atoms with E-state index in [4.69, 9.17) is 5.11 Å². The van der Waals surface area contributed by atoms with E-state index < -0.39 is 11.9 Å². The van der Waals surface area contributed by atoms with Crippen molar-refractivity contribution >= 4 is 11.5 Å². The number of nitrogens with zero attached hydrogens (tertiary/aromatic N) is 1. The predicted molar refractivity (Wildman–Crippen MR) is 58.2 cm³/mol. The maximum Gasteiger partial charge on any atom is 0.312 e. The van der Waals surface area contributed by atoms with E-state index >= 15 is 0 Å². The molecule has 0 fully saturated rings. The number of aryl methyl sites for hydroxylation is 1. The van der Waals surface area contributed by atoms with Gasteiger partial charge in [-0.3, -0.25) is 4.79 Å². The van der Waals surface area contributed by atoms with Crippen molar-refractivity contribution in [2.45, 2.75) is 19.8 Å². The molecule has 0 spiro atoms. The van der Waals surface area contributed by atoms with Gasteiger partial charge in [-0.05, 0) is 37.6 Å². The summed E-state index contributed by atoms with van der Waals surface area (Å²) in [6.45, 7) is 3.66. The number of fused-ring (bicyclic) bond motifs is 1. The number of aromatic nitrogens is 1. The summed E-state index contributed by atoms with van der Waals surface area (Å²) in [5.74, 6) is -1.27. The normalized spacial score (nSPS) is 12.9. The molecule has 0 bridgehead atoms. The number of rotatable bonds is 2. The molecule has 15 heavy (non-hydrogen) atoms. The van der Waals surface area contributed by atoms with Gasteiger partial charge in [-0.15, -0.1) is 0 Å². The lowest BCUT2D eigenvalue weighted by Gasteiger charge is -2.08. The van der Waals surface area contributed by atoms with Crippen molar-refractivity contribution in [1.82, 2.24) is 4.40 Å². The number of hydrogen-bond acceptors (Lipinski definition) is 1. The predicted octanol–water partition coefficient (Wildman–Crippen LogP) is 2.44. The second kappa shape index (κ2) is 3.42. The smallest absolute Gasteiger partial charge is 0.312 e. The van der Waals surface area contributed by atoms with E-state index in [-0.39, 0.29) is 0 Å². The Bertz CT molecular complexity index is 513. The van der Waals surface area contributed by atoms with Crippen LogP contribution in [0.1, 0.15) is 24.1 Å². The fraction of sp³-hybridized carbons (Fsp3) is 0.250. The first kappa shape index (κ1) is 9.77. The molecule has 3 heteroatoms. The van der Waals surface area contributed by atoms with Crippen LogP contribution in [-0.4, -0.2) is 15.5 Å². The van der Waals surface area contributed by atoms with Crippen LogP contribution in [-0.2, 0) is 4.79 Å². The standard InChI is InChI=1S/C12H13NO2/c1-8-7-10-5-3-4-6-13(10)11(8)9(2)12(14)15/h3-7,9H,1-2H3,(H,14,15). The summed E-state index contributed by atoms with van der Waals surface area (Å²) in [6, 6.07) is 7.84. The van der Waals surface area contributed by atoms with Gasteiger partial charge < -0.3 is 9.51 Å². The second-order valence-electron chi connectivity index (χ2n) is 3.77. The molecular formula is C12H13NO2. The van der Waals surface area contributed by atoms with Crippen LogP contribution in [0.5, 0.6) is 0 Å². The third-order valence-corrected chi connectivity index (χ3v) is 2.70. The van der Waals surface area contributed by atoms with E-state index in [9.17, 15) is 4.79 Å². The summed E-state index contributed by atoms with van der Waals surface area (Å²) >= 11 is 0. The maximum atomic E-state index is 11.0. The summed E-state index contributed by atoms with van der Waals surface area (Å²) in [7, 11) is 0. The molecule has 0 aliphatic heterocycles. The first-order valence-electron chi connectivity index (χ1n) is 4.90. The summed E-state index contributed by atoms with van der Waals surface area (Å²) in [5, 5.41) is 9.02. The molecule has 0 amide bonds. The summed E-state index contributed by atoms with van der Waals surface area (Å²) in [5.41, 5.74) is 2.92. The quantitative estimate of drug-likeness (QED) is 0.814. The molecule has 1 unspecified atom stereocenters. The van der Waals surface area contributed by atoms with Crippen LogP contribution in [0.4, 0.5) is 0 Å². The molecule has 2 heterocycles. The highest BCUT2D eigenvalue weighted by atomic mass is 16.4. The van der Waals surface area contributed by atoms with Crippen LogP contribution in [0.3, 0.4) is 0 Å². The third kappa shape index (κ3) is 1.50. The zero-order chi connectivity index (χ0) is 11.0. The van der Waals surface area contributed by atoms with Gasteiger partial charge in [0.15, 0.2) is 0 Å². The molecular weight excluding hydrogens is 190 g/mol. The van der Waals surface area contributed by atoms with E-state index in [0.717, 1.165) is 16.8 Å². The van der Waals surface area contributed by atoms with Crippen LogP contribution in [0, 0.1) is 6.92 Å². The van der Waals surface area contributed by atoms with Crippen molar-refractivity contribution in [2.75, 3.05) is 0 Å². The topological polar surface area (TPSA) is 41.7 Å². The Labute approximate surface area is 88.0 Å². The third-order valence-electron chi connectivity index (χ3n) is 2.70. The lowest BCUT2D eigenvalue weighted by molar-refractivity contribution is -0.138. The van der Waals surface area contributed by atoms with E-state index in [1.54, 1.807) is 6.92 Å². The maximum absolute atomic E-state index is 11.0. The van der Waals surface area contributed by atoms with Crippen molar-refractivity contribution < 1.29 is 9.90 Å². The molecule has 0 saturated carbocycles. The van der Waals surface area contributed by atoms with Crippen molar-refractivity contribution in [3.63, 3.8) is 0 Å². The van der Waals surface area contributed by atoms with Crippen molar-refractivity contribution in [1.29, 1.82) is 0 Å². The van der Waals surface area contributed by atoms with Gasteiger partial charge in [0, 0.05) is 17.4 Å². The Morgan fingerprint density at radius 2 is 2.20 bits per heavy atom.